The molecule has 0 aromatic carbocycles. The molecule has 2 unspecified atom stereocenters. The van der Waals surface area contributed by atoms with Gasteiger partial charge in [-0.25, -0.2) is 0 Å². The van der Waals surface area contributed by atoms with Crippen molar-refractivity contribution in [2.24, 2.45) is 0 Å². The van der Waals surface area contributed by atoms with Gasteiger partial charge in [0.2, 0.25) is 0 Å². The van der Waals surface area contributed by atoms with Crippen molar-refractivity contribution in [1.29, 1.82) is 5.26 Å². The van der Waals surface area contributed by atoms with E-state index in [1.807, 2.05) is 6.92 Å². The van der Waals surface area contributed by atoms with Crippen molar-refractivity contribution in [1.82, 2.24) is 5.32 Å². The zero-order valence-corrected chi connectivity index (χ0v) is 14.9. The first-order chi connectivity index (χ1) is 9.93. The number of ether oxygens (including phenoxy) is 1. The molecular weight excluding hydrogens is 260 g/mol. The van der Waals surface area contributed by atoms with Crippen LogP contribution in [0, 0.1) is 11.3 Å². The summed E-state index contributed by atoms with van der Waals surface area (Å²) in [5.41, 5.74) is -0.403. The summed E-state index contributed by atoms with van der Waals surface area (Å²) in [5.74, 6) is 0. The number of nitrogens with zero attached hydrogens (tertiary/aromatic N) is 1. The molecule has 0 radical (unpaired) electrons. The maximum absolute atomic E-state index is 9.28. The molecule has 0 amide bonds. The molecule has 2 atom stereocenters. The zero-order chi connectivity index (χ0) is 16.1. The van der Waals surface area contributed by atoms with Crippen molar-refractivity contribution in [3.63, 3.8) is 0 Å². The number of nitriles is 1. The number of nitrogens with one attached hydrogen (secondary N) is 1. The Hall–Kier alpha value is -0.590. The van der Waals surface area contributed by atoms with Crippen LogP contribution in [-0.2, 0) is 4.74 Å². The highest BCUT2D eigenvalue weighted by Gasteiger charge is 2.23. The second kappa shape index (κ2) is 12.0. The van der Waals surface area contributed by atoms with Crippen LogP contribution in [0.1, 0.15) is 86.0 Å². The van der Waals surface area contributed by atoms with Gasteiger partial charge in [0.05, 0.1) is 12.2 Å². The van der Waals surface area contributed by atoms with Gasteiger partial charge in [-0.1, -0.05) is 32.6 Å². The molecule has 0 aromatic rings. The molecule has 0 saturated heterocycles. The molecule has 0 bridgehead atoms. The van der Waals surface area contributed by atoms with Crippen LogP contribution < -0.4 is 5.32 Å². The molecule has 0 fully saturated rings. The van der Waals surface area contributed by atoms with Crippen LogP contribution in [0.4, 0.5) is 0 Å². The van der Waals surface area contributed by atoms with Crippen LogP contribution in [0.5, 0.6) is 0 Å². The van der Waals surface area contributed by atoms with Gasteiger partial charge in [-0.05, 0) is 53.4 Å². The Morgan fingerprint density at radius 1 is 1.10 bits per heavy atom. The van der Waals surface area contributed by atoms with E-state index in [0.29, 0.717) is 12.1 Å². The zero-order valence-electron chi connectivity index (χ0n) is 14.9. The van der Waals surface area contributed by atoms with Gasteiger partial charge < -0.3 is 4.74 Å². The summed E-state index contributed by atoms with van der Waals surface area (Å²) in [6, 6.07) is 2.74. The van der Waals surface area contributed by atoms with Crippen molar-refractivity contribution in [2.45, 2.75) is 104 Å². The van der Waals surface area contributed by atoms with Crippen LogP contribution in [0.15, 0.2) is 0 Å². The smallest absolute Gasteiger partial charge is 0.104 e. The molecule has 0 saturated carbocycles. The predicted octanol–water partition coefficient (Wildman–Crippen LogP) is 4.81. The molecule has 0 rings (SSSR count). The molecule has 0 aliphatic carbocycles. The number of hydrogen-bond acceptors (Lipinski definition) is 3. The monoisotopic (exact) mass is 296 g/mol. The maximum Gasteiger partial charge on any atom is 0.104 e. The highest BCUT2D eigenvalue weighted by molar-refractivity contribution is 5.04. The molecule has 1 N–H and O–H groups in total. The summed E-state index contributed by atoms with van der Waals surface area (Å²) in [4.78, 5) is 0. The largest absolute Gasteiger partial charge is 0.379 e. The Bertz CT molecular complexity index is 285. The summed E-state index contributed by atoms with van der Waals surface area (Å²) >= 11 is 0. The van der Waals surface area contributed by atoms with Crippen molar-refractivity contribution < 1.29 is 4.74 Å². The highest BCUT2D eigenvalue weighted by Crippen LogP contribution is 2.15. The Morgan fingerprint density at radius 3 is 2.38 bits per heavy atom. The van der Waals surface area contributed by atoms with Gasteiger partial charge >= 0.3 is 0 Å². The summed E-state index contributed by atoms with van der Waals surface area (Å²) in [7, 11) is 0. The topological polar surface area (TPSA) is 45.0 Å². The first-order valence-electron chi connectivity index (χ1n) is 8.74. The van der Waals surface area contributed by atoms with E-state index >= 15 is 0 Å². The van der Waals surface area contributed by atoms with E-state index in [9.17, 15) is 5.26 Å². The Morgan fingerprint density at radius 2 is 1.81 bits per heavy atom. The molecule has 0 aliphatic rings. The molecular formula is C18H36N2O. The van der Waals surface area contributed by atoms with Crippen LogP contribution in [0.25, 0.3) is 0 Å². The molecule has 21 heavy (non-hydrogen) atoms. The second-order valence-electron chi connectivity index (χ2n) is 6.73. The fourth-order valence-electron chi connectivity index (χ4n) is 2.60. The first-order valence-corrected chi connectivity index (χ1v) is 8.74. The van der Waals surface area contributed by atoms with Gasteiger partial charge in [0.15, 0.2) is 0 Å². The van der Waals surface area contributed by atoms with Gasteiger partial charge in [-0.2, -0.15) is 5.26 Å². The predicted molar refractivity (Wildman–Crippen MR) is 90.3 cm³/mol. The lowest BCUT2D eigenvalue weighted by Crippen LogP contribution is -2.44. The fraction of sp³-hybridized carbons (Fsp3) is 0.944. The lowest BCUT2D eigenvalue weighted by Gasteiger charge is -2.25. The molecule has 0 heterocycles. The average Bonchev–Trinajstić information content (AvgIpc) is 2.42. The standard InChI is InChI=1S/C18H36N2O/c1-6-7-8-9-12-17(4)21-14-11-10-13-18(5,15-19)20-16(2)3/h16-17,20H,6-14H2,1-5H3. The first kappa shape index (κ1) is 20.4. The second-order valence-corrected chi connectivity index (χ2v) is 6.73. The molecule has 0 aromatic heterocycles. The van der Waals surface area contributed by atoms with E-state index in [0.717, 1.165) is 25.9 Å². The van der Waals surface area contributed by atoms with Crippen LogP contribution in [0.2, 0.25) is 0 Å². The molecule has 0 aliphatic heterocycles. The third-order valence-electron chi connectivity index (χ3n) is 3.79. The lowest BCUT2D eigenvalue weighted by atomic mass is 9.96. The summed E-state index contributed by atoms with van der Waals surface area (Å²) in [6.07, 6.45) is 9.73. The van der Waals surface area contributed by atoms with Crippen molar-refractivity contribution >= 4 is 0 Å². The third-order valence-corrected chi connectivity index (χ3v) is 3.79. The van der Waals surface area contributed by atoms with Crippen molar-refractivity contribution in [2.75, 3.05) is 6.61 Å². The third kappa shape index (κ3) is 11.7. The number of hydrogen-bond donors (Lipinski definition) is 1. The highest BCUT2D eigenvalue weighted by atomic mass is 16.5. The van der Waals surface area contributed by atoms with Crippen LogP contribution >= 0.6 is 0 Å². The van der Waals surface area contributed by atoms with E-state index < -0.39 is 5.54 Å². The van der Waals surface area contributed by atoms with E-state index in [-0.39, 0.29) is 0 Å². The summed E-state index contributed by atoms with van der Waals surface area (Å²) in [6.45, 7) is 11.4. The maximum atomic E-state index is 9.28. The fourth-order valence-corrected chi connectivity index (χ4v) is 2.60. The lowest BCUT2D eigenvalue weighted by molar-refractivity contribution is 0.0551. The molecule has 3 nitrogen and oxygen atoms in total. The van der Waals surface area contributed by atoms with E-state index in [2.05, 4.69) is 39.1 Å². The minimum Gasteiger partial charge on any atom is -0.379 e. The van der Waals surface area contributed by atoms with Gasteiger partial charge in [0, 0.05) is 12.6 Å². The van der Waals surface area contributed by atoms with Crippen molar-refractivity contribution in [3.05, 3.63) is 0 Å². The summed E-state index contributed by atoms with van der Waals surface area (Å²) < 4.78 is 5.85. The van der Waals surface area contributed by atoms with Crippen LogP contribution in [0.3, 0.4) is 0 Å². The minimum absolute atomic E-state index is 0.342. The van der Waals surface area contributed by atoms with Crippen molar-refractivity contribution in [3.8, 4) is 6.07 Å². The molecule has 124 valence electrons. The SMILES string of the molecule is CCCCCCC(C)OCCCCC(C)(C#N)NC(C)C. The van der Waals surface area contributed by atoms with E-state index in [1.54, 1.807) is 0 Å². The molecule has 0 spiro atoms. The van der Waals surface area contributed by atoms with Gasteiger partial charge in [-0.15, -0.1) is 0 Å². The van der Waals surface area contributed by atoms with Gasteiger partial charge in [0.1, 0.15) is 5.54 Å². The van der Waals surface area contributed by atoms with Gasteiger partial charge in [-0.3, -0.25) is 5.32 Å². The Kier molecular flexibility index (Phi) is 11.7. The van der Waals surface area contributed by atoms with Gasteiger partial charge in [0.25, 0.3) is 0 Å². The average molecular weight is 296 g/mol. The quantitative estimate of drug-likeness (QED) is 0.496. The number of rotatable bonds is 13. The Balaban J connectivity index is 3.64. The Labute approximate surface area is 132 Å². The molecule has 3 heteroatoms. The minimum atomic E-state index is -0.403. The normalized spacial score (nSPS) is 15.7. The van der Waals surface area contributed by atoms with Crippen LogP contribution in [-0.4, -0.2) is 24.3 Å². The van der Waals surface area contributed by atoms with E-state index in [4.69, 9.17) is 4.74 Å². The summed E-state index contributed by atoms with van der Waals surface area (Å²) in [5, 5.41) is 12.6. The van der Waals surface area contributed by atoms with E-state index in [1.165, 1.54) is 32.1 Å². The number of unbranched alkanes of at least 4 members (excludes halogenated alkanes) is 4.